The number of nitrogens with one attached hydrogen (secondary N) is 1. The van der Waals surface area contributed by atoms with E-state index in [0.29, 0.717) is 11.2 Å². The van der Waals surface area contributed by atoms with Crippen molar-refractivity contribution in [1.29, 1.82) is 0 Å². The fraction of sp³-hybridized carbons (Fsp3) is 0.900. The summed E-state index contributed by atoms with van der Waals surface area (Å²) in [6.45, 7) is 9.40. The van der Waals surface area contributed by atoms with E-state index in [0.717, 1.165) is 18.7 Å². The van der Waals surface area contributed by atoms with Gasteiger partial charge in [0, 0.05) is 6.54 Å². The molecule has 2 nitrogen and oxygen atoms in total. The second-order valence-electron chi connectivity index (χ2n) is 4.30. The zero-order valence-corrected chi connectivity index (χ0v) is 9.96. The summed E-state index contributed by atoms with van der Waals surface area (Å²) < 4.78 is 0. The highest BCUT2D eigenvalue weighted by molar-refractivity contribution is 7.99. The van der Waals surface area contributed by atoms with E-state index in [9.17, 15) is 4.79 Å². The molecule has 0 spiro atoms. The Bertz CT molecular complexity index is 151. The van der Waals surface area contributed by atoms with Crippen LogP contribution in [0.2, 0.25) is 0 Å². The molecule has 3 heteroatoms. The summed E-state index contributed by atoms with van der Waals surface area (Å²) in [5, 5.41) is 2.91. The molecule has 0 aliphatic heterocycles. The van der Waals surface area contributed by atoms with Crippen molar-refractivity contribution < 1.29 is 4.79 Å². The van der Waals surface area contributed by atoms with Gasteiger partial charge < -0.3 is 5.32 Å². The van der Waals surface area contributed by atoms with Crippen molar-refractivity contribution in [3.8, 4) is 0 Å². The first-order chi connectivity index (χ1) is 5.95. The second kappa shape index (κ2) is 6.30. The van der Waals surface area contributed by atoms with Gasteiger partial charge in [-0.2, -0.15) is 11.8 Å². The van der Waals surface area contributed by atoms with Crippen LogP contribution in [0, 0.1) is 5.41 Å². The minimum Gasteiger partial charge on any atom is -0.355 e. The predicted octanol–water partition coefficient (Wildman–Crippen LogP) is 2.29. The smallest absolute Gasteiger partial charge is 0.229 e. The van der Waals surface area contributed by atoms with Crippen LogP contribution >= 0.6 is 11.8 Å². The summed E-state index contributed by atoms with van der Waals surface area (Å²) in [5.41, 5.74) is 0.311. The van der Waals surface area contributed by atoms with E-state index in [1.54, 1.807) is 11.8 Å². The Kier molecular flexibility index (Phi) is 6.21. The molecule has 0 aromatic heterocycles. The first-order valence-electron chi connectivity index (χ1n) is 4.80. The van der Waals surface area contributed by atoms with Crippen molar-refractivity contribution >= 4 is 17.7 Å². The summed E-state index contributed by atoms with van der Waals surface area (Å²) in [6.07, 6.45) is 1.04. The molecule has 0 aromatic rings. The molecule has 0 saturated carbocycles. The molecule has 78 valence electrons. The van der Waals surface area contributed by atoms with Crippen LogP contribution in [0.15, 0.2) is 0 Å². The van der Waals surface area contributed by atoms with E-state index >= 15 is 0 Å². The molecule has 0 heterocycles. The molecule has 0 radical (unpaired) electrons. The second-order valence-corrected chi connectivity index (χ2v) is 5.57. The third-order valence-corrected chi connectivity index (χ3v) is 2.51. The lowest BCUT2D eigenvalue weighted by molar-refractivity contribution is -0.118. The molecular weight excluding hydrogens is 182 g/mol. The zero-order chi connectivity index (χ0) is 10.3. The van der Waals surface area contributed by atoms with Crippen LogP contribution in [0.1, 0.15) is 34.1 Å². The quantitative estimate of drug-likeness (QED) is 0.743. The number of amides is 1. The van der Waals surface area contributed by atoms with Crippen LogP contribution in [-0.4, -0.2) is 24.0 Å². The Labute approximate surface area is 85.9 Å². The summed E-state index contributed by atoms with van der Waals surface area (Å²) in [6, 6.07) is 0. The zero-order valence-electron chi connectivity index (χ0n) is 9.14. The van der Waals surface area contributed by atoms with Crippen molar-refractivity contribution in [3.63, 3.8) is 0 Å². The SMILES string of the molecule is CCSCC(=O)NCCC(C)(C)C. The van der Waals surface area contributed by atoms with Gasteiger partial charge in [0.25, 0.3) is 0 Å². The summed E-state index contributed by atoms with van der Waals surface area (Å²) >= 11 is 1.66. The summed E-state index contributed by atoms with van der Waals surface area (Å²) in [4.78, 5) is 11.2. The maximum atomic E-state index is 11.2. The normalized spacial score (nSPS) is 11.4. The van der Waals surface area contributed by atoms with Crippen molar-refractivity contribution in [3.05, 3.63) is 0 Å². The van der Waals surface area contributed by atoms with Crippen LogP contribution in [-0.2, 0) is 4.79 Å². The average molecular weight is 203 g/mol. The fourth-order valence-electron chi connectivity index (χ4n) is 0.823. The minimum atomic E-state index is 0.163. The van der Waals surface area contributed by atoms with E-state index in [2.05, 4.69) is 33.0 Å². The van der Waals surface area contributed by atoms with E-state index in [1.807, 2.05) is 0 Å². The first kappa shape index (κ1) is 12.8. The Morgan fingerprint density at radius 2 is 2.00 bits per heavy atom. The van der Waals surface area contributed by atoms with Gasteiger partial charge in [0.15, 0.2) is 0 Å². The fourth-order valence-corrected chi connectivity index (χ4v) is 1.31. The van der Waals surface area contributed by atoms with Crippen LogP contribution in [0.25, 0.3) is 0 Å². The van der Waals surface area contributed by atoms with Crippen LogP contribution in [0.3, 0.4) is 0 Å². The summed E-state index contributed by atoms with van der Waals surface area (Å²) in [5.74, 6) is 1.77. The van der Waals surface area contributed by atoms with Crippen molar-refractivity contribution in [2.45, 2.75) is 34.1 Å². The highest BCUT2D eigenvalue weighted by Gasteiger charge is 2.09. The molecule has 0 rings (SSSR count). The number of carbonyl (C=O) groups is 1. The maximum absolute atomic E-state index is 11.2. The molecule has 0 aliphatic carbocycles. The Balaban J connectivity index is 3.37. The predicted molar refractivity (Wildman–Crippen MR) is 60.1 cm³/mol. The topological polar surface area (TPSA) is 29.1 Å². The number of hydrogen-bond acceptors (Lipinski definition) is 2. The lowest BCUT2D eigenvalue weighted by Gasteiger charge is -2.17. The molecule has 0 atom stereocenters. The van der Waals surface area contributed by atoms with E-state index in [-0.39, 0.29) is 5.91 Å². The van der Waals surface area contributed by atoms with Gasteiger partial charge in [0.2, 0.25) is 5.91 Å². The first-order valence-corrected chi connectivity index (χ1v) is 5.95. The maximum Gasteiger partial charge on any atom is 0.229 e. The number of thioether (sulfide) groups is 1. The number of carbonyl (C=O) groups excluding carboxylic acids is 1. The lowest BCUT2D eigenvalue weighted by atomic mass is 9.92. The molecule has 0 fully saturated rings. The summed E-state index contributed by atoms with van der Waals surface area (Å²) in [7, 11) is 0. The van der Waals surface area contributed by atoms with Gasteiger partial charge in [-0.3, -0.25) is 4.79 Å². The van der Waals surface area contributed by atoms with Crippen LogP contribution in [0.4, 0.5) is 0 Å². The van der Waals surface area contributed by atoms with E-state index < -0.39 is 0 Å². The van der Waals surface area contributed by atoms with Gasteiger partial charge in [-0.15, -0.1) is 0 Å². The molecule has 0 aliphatic rings. The van der Waals surface area contributed by atoms with E-state index in [1.165, 1.54) is 0 Å². The Morgan fingerprint density at radius 1 is 1.38 bits per heavy atom. The van der Waals surface area contributed by atoms with Gasteiger partial charge in [-0.1, -0.05) is 27.7 Å². The molecule has 0 aromatic carbocycles. The average Bonchev–Trinajstić information content (AvgIpc) is 1.98. The van der Waals surface area contributed by atoms with Gasteiger partial charge in [0.1, 0.15) is 0 Å². The van der Waals surface area contributed by atoms with Crippen molar-refractivity contribution in [2.24, 2.45) is 5.41 Å². The number of hydrogen-bond donors (Lipinski definition) is 1. The highest BCUT2D eigenvalue weighted by Crippen LogP contribution is 2.16. The molecule has 1 N–H and O–H groups in total. The molecule has 0 bridgehead atoms. The van der Waals surface area contributed by atoms with Crippen LogP contribution < -0.4 is 5.32 Å². The van der Waals surface area contributed by atoms with Gasteiger partial charge >= 0.3 is 0 Å². The number of rotatable bonds is 5. The molecule has 1 amide bonds. The molecule has 13 heavy (non-hydrogen) atoms. The lowest BCUT2D eigenvalue weighted by Crippen LogP contribution is -2.28. The molecule has 0 saturated heterocycles. The minimum absolute atomic E-state index is 0.163. The third kappa shape index (κ3) is 9.74. The van der Waals surface area contributed by atoms with Crippen LogP contribution in [0.5, 0.6) is 0 Å². The van der Waals surface area contributed by atoms with Gasteiger partial charge in [0.05, 0.1) is 5.75 Å². The molecular formula is C10H21NOS. The highest BCUT2D eigenvalue weighted by atomic mass is 32.2. The Morgan fingerprint density at radius 3 is 2.46 bits per heavy atom. The van der Waals surface area contributed by atoms with Gasteiger partial charge in [-0.05, 0) is 17.6 Å². The standard InChI is InChI=1S/C10H21NOS/c1-5-13-8-9(12)11-7-6-10(2,3)4/h5-8H2,1-4H3,(H,11,12). The Hall–Kier alpha value is -0.180. The largest absolute Gasteiger partial charge is 0.355 e. The third-order valence-electron chi connectivity index (χ3n) is 1.63. The van der Waals surface area contributed by atoms with Crippen molar-refractivity contribution in [2.75, 3.05) is 18.1 Å². The van der Waals surface area contributed by atoms with Gasteiger partial charge in [-0.25, -0.2) is 0 Å². The monoisotopic (exact) mass is 203 g/mol. The van der Waals surface area contributed by atoms with Crippen molar-refractivity contribution in [1.82, 2.24) is 5.32 Å². The molecule has 0 unspecified atom stereocenters. The van der Waals surface area contributed by atoms with E-state index in [4.69, 9.17) is 0 Å².